The summed E-state index contributed by atoms with van der Waals surface area (Å²) >= 11 is 0. The van der Waals surface area contributed by atoms with Crippen molar-refractivity contribution in [3.05, 3.63) is 81.7 Å². The van der Waals surface area contributed by atoms with Crippen molar-refractivity contribution in [2.24, 2.45) is 0 Å². The highest BCUT2D eigenvalue weighted by atomic mass is 19.2. The zero-order valence-electron chi connectivity index (χ0n) is 17.0. The Hall–Kier alpha value is -3.75. The van der Waals surface area contributed by atoms with Crippen molar-refractivity contribution in [3.8, 4) is 11.5 Å². The van der Waals surface area contributed by atoms with Gasteiger partial charge in [-0.2, -0.15) is 0 Å². The predicted molar refractivity (Wildman–Crippen MR) is 108 cm³/mol. The lowest BCUT2D eigenvalue weighted by atomic mass is 10.1. The lowest BCUT2D eigenvalue weighted by Crippen LogP contribution is -2.19. The first-order valence-electron chi connectivity index (χ1n) is 9.40. The molecule has 0 aliphatic rings. The first-order chi connectivity index (χ1) is 15.1. The molecule has 0 aliphatic heterocycles. The van der Waals surface area contributed by atoms with Gasteiger partial charge in [-0.05, 0) is 55.7 Å². The van der Waals surface area contributed by atoms with Gasteiger partial charge < -0.3 is 9.73 Å². The molecule has 9 heteroatoms. The zero-order valence-corrected chi connectivity index (χ0v) is 17.0. The molecule has 0 spiro atoms. The fourth-order valence-electron chi connectivity index (χ4n) is 3.38. The number of hydrogen-bond donors (Lipinski definition) is 1. The van der Waals surface area contributed by atoms with Crippen LogP contribution in [0.3, 0.4) is 0 Å². The molecule has 0 saturated carbocycles. The Morgan fingerprint density at radius 2 is 1.47 bits per heavy atom. The third kappa shape index (κ3) is 3.49. The SMILES string of the molecule is Cc1cc(C)c2oc(-c3ccc(C)c(NC(=O)c4c(F)c(F)c(F)c(F)c4F)c3)nc2c1. The normalized spacial score (nSPS) is 11.2. The van der Waals surface area contributed by atoms with E-state index in [0.717, 1.165) is 11.1 Å². The van der Waals surface area contributed by atoms with Crippen LogP contribution in [0.5, 0.6) is 0 Å². The first-order valence-corrected chi connectivity index (χ1v) is 9.40. The van der Waals surface area contributed by atoms with Gasteiger partial charge in [-0.15, -0.1) is 0 Å². The number of halogens is 5. The fraction of sp³-hybridized carbons (Fsp3) is 0.130. The van der Waals surface area contributed by atoms with Crippen LogP contribution in [0.1, 0.15) is 27.0 Å². The van der Waals surface area contributed by atoms with Gasteiger partial charge in [0, 0.05) is 11.3 Å². The minimum atomic E-state index is -2.34. The van der Waals surface area contributed by atoms with Crippen LogP contribution in [0.4, 0.5) is 27.6 Å². The summed E-state index contributed by atoms with van der Waals surface area (Å²) in [6.07, 6.45) is 0. The number of carbonyl (C=O) groups is 1. The maximum Gasteiger partial charge on any atom is 0.261 e. The molecule has 0 atom stereocenters. The molecular formula is C23H15F5N2O2. The van der Waals surface area contributed by atoms with Crippen LogP contribution in [-0.2, 0) is 0 Å². The molecule has 32 heavy (non-hydrogen) atoms. The second-order valence-corrected chi connectivity index (χ2v) is 7.38. The van der Waals surface area contributed by atoms with E-state index in [1.807, 2.05) is 26.0 Å². The summed E-state index contributed by atoms with van der Waals surface area (Å²) in [6, 6.07) is 8.47. The quantitative estimate of drug-likeness (QED) is 0.226. The number of rotatable bonds is 3. The van der Waals surface area contributed by atoms with Crippen LogP contribution in [0, 0.1) is 49.9 Å². The number of aryl methyl sites for hydroxylation is 3. The number of amides is 1. The number of anilines is 1. The number of fused-ring (bicyclic) bond motifs is 1. The summed E-state index contributed by atoms with van der Waals surface area (Å²) in [4.78, 5) is 16.8. The summed E-state index contributed by atoms with van der Waals surface area (Å²) in [5, 5.41) is 2.20. The second-order valence-electron chi connectivity index (χ2n) is 7.38. The number of nitrogens with one attached hydrogen (secondary N) is 1. The summed E-state index contributed by atoms with van der Waals surface area (Å²) in [5.74, 6) is -12.4. The molecule has 4 nitrogen and oxygen atoms in total. The van der Waals surface area contributed by atoms with E-state index in [0.29, 0.717) is 22.2 Å². The van der Waals surface area contributed by atoms with Gasteiger partial charge in [-0.1, -0.05) is 12.1 Å². The molecule has 1 amide bonds. The maximum atomic E-state index is 14.0. The molecule has 0 saturated heterocycles. The van der Waals surface area contributed by atoms with Crippen molar-refractivity contribution in [2.75, 3.05) is 5.32 Å². The van der Waals surface area contributed by atoms with Crippen LogP contribution in [-0.4, -0.2) is 10.9 Å². The Bertz CT molecular complexity index is 1380. The van der Waals surface area contributed by atoms with Gasteiger partial charge >= 0.3 is 0 Å². The van der Waals surface area contributed by atoms with Gasteiger partial charge in [0.25, 0.3) is 5.91 Å². The second kappa shape index (κ2) is 7.74. The van der Waals surface area contributed by atoms with Crippen LogP contribution < -0.4 is 5.32 Å². The monoisotopic (exact) mass is 446 g/mol. The number of hydrogen-bond acceptors (Lipinski definition) is 3. The number of benzene rings is 3. The summed E-state index contributed by atoms with van der Waals surface area (Å²) in [6.45, 7) is 5.38. The Morgan fingerprint density at radius 3 is 2.12 bits per heavy atom. The van der Waals surface area contributed by atoms with E-state index in [1.165, 1.54) is 6.07 Å². The van der Waals surface area contributed by atoms with E-state index in [-0.39, 0.29) is 11.6 Å². The van der Waals surface area contributed by atoms with Gasteiger partial charge in [0.2, 0.25) is 11.7 Å². The molecule has 3 aromatic carbocycles. The fourth-order valence-corrected chi connectivity index (χ4v) is 3.38. The lowest BCUT2D eigenvalue weighted by Gasteiger charge is -2.12. The van der Waals surface area contributed by atoms with Crippen LogP contribution in [0.2, 0.25) is 0 Å². The van der Waals surface area contributed by atoms with E-state index < -0.39 is 40.6 Å². The minimum absolute atomic E-state index is 0.0894. The Labute approximate surface area is 178 Å². The molecule has 1 N–H and O–H groups in total. The Balaban J connectivity index is 1.74. The van der Waals surface area contributed by atoms with E-state index in [4.69, 9.17) is 4.42 Å². The third-order valence-electron chi connectivity index (χ3n) is 4.99. The first kappa shape index (κ1) is 21.5. The average Bonchev–Trinajstić information content (AvgIpc) is 3.17. The average molecular weight is 446 g/mol. The van der Waals surface area contributed by atoms with Crippen molar-refractivity contribution < 1.29 is 31.2 Å². The van der Waals surface area contributed by atoms with E-state index >= 15 is 0 Å². The molecule has 0 radical (unpaired) electrons. The number of carbonyl (C=O) groups excluding carboxylic acids is 1. The molecular weight excluding hydrogens is 431 g/mol. The highest BCUT2D eigenvalue weighted by Crippen LogP contribution is 2.31. The van der Waals surface area contributed by atoms with E-state index in [9.17, 15) is 26.7 Å². The summed E-state index contributed by atoms with van der Waals surface area (Å²) in [7, 11) is 0. The van der Waals surface area contributed by atoms with Crippen LogP contribution in [0.15, 0.2) is 34.7 Å². The van der Waals surface area contributed by atoms with Gasteiger partial charge in [0.1, 0.15) is 11.1 Å². The molecule has 0 aliphatic carbocycles. The number of oxazole rings is 1. The topological polar surface area (TPSA) is 55.1 Å². The van der Waals surface area contributed by atoms with Gasteiger partial charge in [0.05, 0.1) is 0 Å². The molecule has 0 unspecified atom stereocenters. The van der Waals surface area contributed by atoms with Crippen molar-refractivity contribution >= 4 is 22.7 Å². The highest BCUT2D eigenvalue weighted by molar-refractivity contribution is 6.05. The standard InChI is InChI=1S/C23H15F5N2O2/c1-9-6-11(3)21-14(7-9)30-23(32-21)12-5-4-10(2)13(8-12)29-22(31)15-16(24)18(26)20(28)19(27)17(15)25/h4-8H,1-3H3,(H,29,31). The Kier molecular flexibility index (Phi) is 5.20. The van der Waals surface area contributed by atoms with Crippen LogP contribution in [0.25, 0.3) is 22.6 Å². The molecule has 4 rings (SSSR count). The largest absolute Gasteiger partial charge is 0.436 e. The smallest absolute Gasteiger partial charge is 0.261 e. The summed E-state index contributed by atoms with van der Waals surface area (Å²) < 4.78 is 74.0. The minimum Gasteiger partial charge on any atom is -0.436 e. The van der Waals surface area contributed by atoms with Gasteiger partial charge in [-0.25, -0.2) is 26.9 Å². The maximum absolute atomic E-state index is 14.0. The lowest BCUT2D eigenvalue weighted by molar-refractivity contribution is 0.101. The Morgan fingerprint density at radius 1 is 0.844 bits per heavy atom. The van der Waals surface area contributed by atoms with E-state index in [1.54, 1.807) is 19.1 Å². The predicted octanol–water partition coefficient (Wildman–Crippen LogP) is 6.37. The third-order valence-corrected chi connectivity index (χ3v) is 4.99. The van der Waals surface area contributed by atoms with Gasteiger partial charge in [-0.3, -0.25) is 4.79 Å². The van der Waals surface area contributed by atoms with Crippen molar-refractivity contribution in [1.29, 1.82) is 0 Å². The number of aromatic nitrogens is 1. The van der Waals surface area contributed by atoms with Crippen molar-refractivity contribution in [2.45, 2.75) is 20.8 Å². The molecule has 1 heterocycles. The molecule has 1 aromatic heterocycles. The van der Waals surface area contributed by atoms with Crippen LogP contribution >= 0.6 is 0 Å². The molecule has 4 aromatic rings. The number of nitrogens with zero attached hydrogens (tertiary/aromatic N) is 1. The van der Waals surface area contributed by atoms with Gasteiger partial charge in [0.15, 0.2) is 28.9 Å². The molecule has 0 bridgehead atoms. The van der Waals surface area contributed by atoms with Crippen molar-refractivity contribution in [3.63, 3.8) is 0 Å². The van der Waals surface area contributed by atoms with E-state index in [2.05, 4.69) is 10.3 Å². The molecule has 0 fully saturated rings. The highest BCUT2D eigenvalue weighted by Gasteiger charge is 2.30. The molecule has 164 valence electrons. The summed E-state index contributed by atoms with van der Waals surface area (Å²) in [5.41, 5.74) is 2.53. The van der Waals surface area contributed by atoms with Crippen molar-refractivity contribution in [1.82, 2.24) is 4.98 Å². The zero-order chi connectivity index (χ0) is 23.3.